The van der Waals surface area contributed by atoms with Gasteiger partial charge in [-0.3, -0.25) is 9.69 Å². The van der Waals surface area contributed by atoms with E-state index in [1.165, 1.54) is 0 Å². The molecule has 0 aliphatic carbocycles. The van der Waals surface area contributed by atoms with E-state index in [-0.39, 0.29) is 5.91 Å². The molecule has 22 heavy (non-hydrogen) atoms. The smallest absolute Gasteiger partial charge is 0.238 e. The summed E-state index contributed by atoms with van der Waals surface area (Å²) in [6.07, 6.45) is 0. The van der Waals surface area contributed by atoms with Gasteiger partial charge >= 0.3 is 0 Å². The number of halogens is 1. The summed E-state index contributed by atoms with van der Waals surface area (Å²) in [6, 6.07) is 15.4. The lowest BCUT2D eigenvalue weighted by Gasteiger charge is -2.16. The maximum absolute atomic E-state index is 12.0. The third-order valence-corrected chi connectivity index (χ3v) is 3.68. The van der Waals surface area contributed by atoms with Gasteiger partial charge in [0.05, 0.1) is 13.7 Å². The Hall–Kier alpha value is -1.85. The van der Waals surface area contributed by atoms with Crippen LogP contribution in [0.1, 0.15) is 5.56 Å². The van der Waals surface area contributed by atoms with Gasteiger partial charge in [0.2, 0.25) is 5.91 Å². The standard InChI is InChI=1S/C17H19BrN2O2/c1-20(11-13-3-9-16(22-2)10-4-13)12-17(21)19-15-7-5-14(18)6-8-15/h3-10H,11-12H2,1-2H3,(H,19,21). The van der Waals surface area contributed by atoms with Gasteiger partial charge in [0.1, 0.15) is 5.75 Å². The van der Waals surface area contributed by atoms with Gasteiger partial charge in [-0.1, -0.05) is 28.1 Å². The molecule has 1 amide bonds. The number of hydrogen-bond donors (Lipinski definition) is 1. The molecule has 1 N–H and O–H groups in total. The van der Waals surface area contributed by atoms with Crippen molar-refractivity contribution in [1.29, 1.82) is 0 Å². The molecule has 0 bridgehead atoms. The SMILES string of the molecule is COc1ccc(CN(C)CC(=O)Nc2ccc(Br)cc2)cc1. The quantitative estimate of drug-likeness (QED) is 0.854. The number of amides is 1. The van der Waals surface area contributed by atoms with Crippen LogP contribution in [0.25, 0.3) is 0 Å². The van der Waals surface area contributed by atoms with Crippen LogP contribution in [0.3, 0.4) is 0 Å². The van der Waals surface area contributed by atoms with Crippen molar-refractivity contribution in [3.8, 4) is 5.75 Å². The van der Waals surface area contributed by atoms with E-state index in [0.29, 0.717) is 13.1 Å². The van der Waals surface area contributed by atoms with Crippen LogP contribution in [0.5, 0.6) is 5.75 Å². The summed E-state index contributed by atoms with van der Waals surface area (Å²) in [5, 5.41) is 2.88. The van der Waals surface area contributed by atoms with Crippen LogP contribution >= 0.6 is 15.9 Å². The average molecular weight is 363 g/mol. The fourth-order valence-corrected chi connectivity index (χ4v) is 2.34. The van der Waals surface area contributed by atoms with Crippen LogP contribution in [0.15, 0.2) is 53.0 Å². The molecule has 4 nitrogen and oxygen atoms in total. The summed E-state index contributed by atoms with van der Waals surface area (Å²) < 4.78 is 6.12. The van der Waals surface area contributed by atoms with E-state index in [1.807, 2.05) is 60.5 Å². The molecule has 2 aromatic carbocycles. The van der Waals surface area contributed by atoms with Crippen LogP contribution in [0.4, 0.5) is 5.69 Å². The first-order chi connectivity index (χ1) is 10.6. The third kappa shape index (κ3) is 5.16. The Labute approximate surface area is 139 Å². The number of nitrogens with one attached hydrogen (secondary N) is 1. The second-order valence-electron chi connectivity index (χ2n) is 5.08. The molecule has 0 aliphatic heterocycles. The summed E-state index contributed by atoms with van der Waals surface area (Å²) >= 11 is 3.37. The molecule has 0 heterocycles. The number of benzene rings is 2. The number of ether oxygens (including phenoxy) is 1. The lowest BCUT2D eigenvalue weighted by Crippen LogP contribution is -2.29. The van der Waals surface area contributed by atoms with Crippen molar-refractivity contribution in [2.75, 3.05) is 26.0 Å². The van der Waals surface area contributed by atoms with Crippen molar-refractivity contribution < 1.29 is 9.53 Å². The number of carbonyl (C=O) groups excluding carboxylic acids is 1. The van der Waals surface area contributed by atoms with E-state index in [2.05, 4.69) is 21.2 Å². The zero-order valence-electron chi connectivity index (χ0n) is 12.7. The molecule has 116 valence electrons. The van der Waals surface area contributed by atoms with Crippen molar-refractivity contribution in [3.63, 3.8) is 0 Å². The minimum Gasteiger partial charge on any atom is -0.497 e. The Bertz CT molecular complexity index is 612. The highest BCUT2D eigenvalue weighted by Crippen LogP contribution is 2.15. The van der Waals surface area contributed by atoms with E-state index in [4.69, 9.17) is 4.74 Å². The van der Waals surface area contributed by atoms with Gasteiger partial charge in [-0.05, 0) is 49.0 Å². The molecule has 0 fully saturated rings. The minimum atomic E-state index is -0.0293. The average Bonchev–Trinajstić information content (AvgIpc) is 2.50. The maximum atomic E-state index is 12.0. The van der Waals surface area contributed by atoms with E-state index >= 15 is 0 Å². The van der Waals surface area contributed by atoms with Crippen molar-refractivity contribution in [3.05, 3.63) is 58.6 Å². The zero-order chi connectivity index (χ0) is 15.9. The van der Waals surface area contributed by atoms with Crippen LogP contribution in [0.2, 0.25) is 0 Å². The fourth-order valence-electron chi connectivity index (χ4n) is 2.08. The van der Waals surface area contributed by atoms with Gasteiger partial charge in [0, 0.05) is 16.7 Å². The van der Waals surface area contributed by atoms with Gasteiger partial charge in [-0.15, -0.1) is 0 Å². The van der Waals surface area contributed by atoms with Gasteiger partial charge in [0.15, 0.2) is 0 Å². The van der Waals surface area contributed by atoms with E-state index < -0.39 is 0 Å². The van der Waals surface area contributed by atoms with Crippen LogP contribution in [-0.2, 0) is 11.3 Å². The number of likely N-dealkylation sites (N-methyl/N-ethyl adjacent to an activating group) is 1. The van der Waals surface area contributed by atoms with Crippen LogP contribution < -0.4 is 10.1 Å². The van der Waals surface area contributed by atoms with Crippen molar-refractivity contribution in [1.82, 2.24) is 4.90 Å². The summed E-state index contributed by atoms with van der Waals surface area (Å²) in [5.74, 6) is 0.803. The van der Waals surface area contributed by atoms with E-state index in [9.17, 15) is 4.79 Å². The lowest BCUT2D eigenvalue weighted by molar-refractivity contribution is -0.117. The molecule has 0 radical (unpaired) electrons. The third-order valence-electron chi connectivity index (χ3n) is 3.15. The first kappa shape index (κ1) is 16.5. The molecular weight excluding hydrogens is 344 g/mol. The summed E-state index contributed by atoms with van der Waals surface area (Å²) in [6.45, 7) is 1.04. The van der Waals surface area contributed by atoms with Gasteiger partial charge in [0.25, 0.3) is 0 Å². The molecule has 0 saturated heterocycles. The Balaban J connectivity index is 1.83. The lowest BCUT2D eigenvalue weighted by atomic mass is 10.2. The molecule has 0 saturated carbocycles. The number of nitrogens with zero attached hydrogens (tertiary/aromatic N) is 1. The van der Waals surface area contributed by atoms with Crippen molar-refractivity contribution in [2.24, 2.45) is 0 Å². The van der Waals surface area contributed by atoms with E-state index in [0.717, 1.165) is 21.5 Å². The number of hydrogen-bond acceptors (Lipinski definition) is 3. The molecule has 0 aliphatic rings. The number of anilines is 1. The molecule has 2 rings (SSSR count). The van der Waals surface area contributed by atoms with E-state index in [1.54, 1.807) is 7.11 Å². The summed E-state index contributed by atoms with van der Waals surface area (Å²) in [7, 11) is 3.57. The fraction of sp³-hybridized carbons (Fsp3) is 0.235. The molecular formula is C17H19BrN2O2. The van der Waals surface area contributed by atoms with Gasteiger partial charge in [-0.2, -0.15) is 0 Å². The zero-order valence-corrected chi connectivity index (χ0v) is 14.3. The number of methoxy groups -OCH3 is 1. The molecule has 0 spiro atoms. The monoisotopic (exact) mass is 362 g/mol. The second-order valence-corrected chi connectivity index (χ2v) is 5.99. The largest absolute Gasteiger partial charge is 0.497 e. The normalized spacial score (nSPS) is 10.5. The van der Waals surface area contributed by atoms with Gasteiger partial charge in [-0.25, -0.2) is 0 Å². The van der Waals surface area contributed by atoms with Crippen LogP contribution in [-0.4, -0.2) is 31.5 Å². The summed E-state index contributed by atoms with van der Waals surface area (Å²) in [5.41, 5.74) is 1.94. The molecule has 2 aromatic rings. The highest BCUT2D eigenvalue weighted by molar-refractivity contribution is 9.10. The minimum absolute atomic E-state index is 0.0293. The van der Waals surface area contributed by atoms with Crippen molar-refractivity contribution >= 4 is 27.5 Å². The predicted octanol–water partition coefficient (Wildman–Crippen LogP) is 3.53. The first-order valence-electron chi connectivity index (χ1n) is 6.93. The first-order valence-corrected chi connectivity index (χ1v) is 7.73. The van der Waals surface area contributed by atoms with Gasteiger partial charge < -0.3 is 10.1 Å². The molecule has 0 atom stereocenters. The highest BCUT2D eigenvalue weighted by atomic mass is 79.9. The Morgan fingerprint density at radius 3 is 2.36 bits per heavy atom. The number of rotatable bonds is 6. The molecule has 0 unspecified atom stereocenters. The predicted molar refractivity (Wildman–Crippen MR) is 92.1 cm³/mol. The topological polar surface area (TPSA) is 41.6 Å². The molecule has 5 heteroatoms. The van der Waals surface area contributed by atoms with Crippen LogP contribution in [0, 0.1) is 0 Å². The molecule has 0 aromatic heterocycles. The Kier molecular flexibility index (Phi) is 5.98. The second kappa shape index (κ2) is 7.96. The Morgan fingerprint density at radius 1 is 1.14 bits per heavy atom. The summed E-state index contributed by atoms with van der Waals surface area (Å²) in [4.78, 5) is 14.0. The highest BCUT2D eigenvalue weighted by Gasteiger charge is 2.07. The van der Waals surface area contributed by atoms with Crippen molar-refractivity contribution in [2.45, 2.75) is 6.54 Å². The Morgan fingerprint density at radius 2 is 1.77 bits per heavy atom. The maximum Gasteiger partial charge on any atom is 0.238 e. The number of carbonyl (C=O) groups is 1.